The highest BCUT2D eigenvalue weighted by Gasteiger charge is 2.14. The molecule has 2 heterocycles. The second-order valence-corrected chi connectivity index (χ2v) is 5.48. The van der Waals surface area contributed by atoms with Gasteiger partial charge in [-0.2, -0.15) is 0 Å². The van der Waals surface area contributed by atoms with Crippen molar-refractivity contribution in [3.8, 4) is 11.3 Å². The van der Waals surface area contributed by atoms with Crippen molar-refractivity contribution in [3.05, 3.63) is 47.2 Å². The van der Waals surface area contributed by atoms with Gasteiger partial charge in [0.25, 0.3) is 0 Å². The van der Waals surface area contributed by atoms with Crippen LogP contribution in [0.4, 0.5) is 0 Å². The second kappa shape index (κ2) is 7.85. The van der Waals surface area contributed by atoms with Crippen molar-refractivity contribution in [2.24, 2.45) is 0 Å². The number of rotatable bonds is 5. The molecule has 0 saturated carbocycles. The molecule has 1 aliphatic rings. The van der Waals surface area contributed by atoms with Crippen LogP contribution in [0.5, 0.6) is 0 Å². The highest BCUT2D eigenvalue weighted by molar-refractivity contribution is 6.30. The minimum absolute atomic E-state index is 0. The summed E-state index contributed by atoms with van der Waals surface area (Å²) in [7, 11) is 0. The highest BCUT2D eigenvalue weighted by atomic mass is 35.5. The monoisotopic (exact) mass is 327 g/mol. The Labute approximate surface area is 136 Å². The van der Waals surface area contributed by atoms with Crippen molar-refractivity contribution in [2.75, 3.05) is 13.2 Å². The second-order valence-electron chi connectivity index (χ2n) is 5.04. The predicted molar refractivity (Wildman–Crippen MR) is 87.1 cm³/mol. The van der Waals surface area contributed by atoms with Crippen molar-refractivity contribution in [2.45, 2.75) is 25.5 Å². The van der Waals surface area contributed by atoms with Crippen molar-refractivity contribution < 1.29 is 9.15 Å². The minimum Gasteiger partial charge on any atom is -0.460 e. The number of benzene rings is 1. The Morgan fingerprint density at radius 3 is 2.90 bits per heavy atom. The maximum Gasteiger partial charge on any atom is 0.134 e. The van der Waals surface area contributed by atoms with Gasteiger partial charge in [-0.3, -0.25) is 0 Å². The van der Waals surface area contributed by atoms with E-state index in [0.717, 1.165) is 48.2 Å². The molecule has 1 aromatic heterocycles. The molecule has 0 bridgehead atoms. The van der Waals surface area contributed by atoms with E-state index < -0.39 is 0 Å². The van der Waals surface area contributed by atoms with Crippen molar-refractivity contribution >= 4 is 24.0 Å². The quantitative estimate of drug-likeness (QED) is 0.889. The maximum atomic E-state index is 5.99. The van der Waals surface area contributed by atoms with Crippen LogP contribution in [0.2, 0.25) is 5.02 Å². The van der Waals surface area contributed by atoms with Crippen LogP contribution < -0.4 is 5.32 Å². The van der Waals surface area contributed by atoms with E-state index >= 15 is 0 Å². The molecule has 0 radical (unpaired) electrons. The fraction of sp³-hybridized carbons (Fsp3) is 0.375. The van der Waals surface area contributed by atoms with Crippen LogP contribution in [0.1, 0.15) is 18.6 Å². The first-order valence-electron chi connectivity index (χ1n) is 6.98. The van der Waals surface area contributed by atoms with Crippen LogP contribution >= 0.6 is 24.0 Å². The third kappa shape index (κ3) is 4.48. The van der Waals surface area contributed by atoms with Gasteiger partial charge in [-0.05, 0) is 37.1 Å². The molecule has 1 aromatic carbocycles. The van der Waals surface area contributed by atoms with Gasteiger partial charge in [-0.25, -0.2) is 0 Å². The SMILES string of the molecule is Cl.Clc1cccc(-c2ccc(CNCC3CCCO3)o2)c1. The molecule has 3 rings (SSSR count). The summed E-state index contributed by atoms with van der Waals surface area (Å²) in [6, 6.07) is 11.7. The van der Waals surface area contributed by atoms with E-state index in [1.54, 1.807) is 0 Å². The molecule has 21 heavy (non-hydrogen) atoms. The predicted octanol–water partition coefficient (Wildman–Crippen LogP) is 4.29. The van der Waals surface area contributed by atoms with Crippen LogP contribution in [-0.4, -0.2) is 19.3 Å². The average Bonchev–Trinajstić information content (AvgIpc) is 3.10. The molecule has 1 aliphatic heterocycles. The lowest BCUT2D eigenvalue weighted by Crippen LogP contribution is -2.25. The molecular formula is C16H19Cl2NO2. The molecule has 1 unspecified atom stereocenters. The van der Waals surface area contributed by atoms with E-state index in [4.69, 9.17) is 20.8 Å². The molecule has 2 aromatic rings. The highest BCUT2D eigenvalue weighted by Crippen LogP contribution is 2.24. The molecule has 1 fully saturated rings. The minimum atomic E-state index is 0. The fourth-order valence-corrected chi connectivity index (χ4v) is 2.62. The van der Waals surface area contributed by atoms with Crippen LogP contribution in [0.3, 0.4) is 0 Å². The number of furan rings is 1. The number of halogens is 2. The van der Waals surface area contributed by atoms with E-state index in [2.05, 4.69) is 5.32 Å². The Morgan fingerprint density at radius 2 is 2.14 bits per heavy atom. The Balaban J connectivity index is 0.00000161. The van der Waals surface area contributed by atoms with Gasteiger partial charge < -0.3 is 14.5 Å². The lowest BCUT2D eigenvalue weighted by Gasteiger charge is -2.09. The van der Waals surface area contributed by atoms with Crippen molar-refractivity contribution in [1.29, 1.82) is 0 Å². The fourth-order valence-electron chi connectivity index (χ4n) is 2.43. The Bertz CT molecular complexity index is 565. The summed E-state index contributed by atoms with van der Waals surface area (Å²) in [5.41, 5.74) is 1.00. The standard InChI is InChI=1S/C16H18ClNO2.ClH/c17-13-4-1-3-12(9-13)16-7-6-15(20-16)11-18-10-14-5-2-8-19-14;/h1,3-4,6-7,9,14,18H,2,5,8,10-11H2;1H. The van der Waals surface area contributed by atoms with E-state index in [-0.39, 0.29) is 12.4 Å². The lowest BCUT2D eigenvalue weighted by molar-refractivity contribution is 0.109. The summed E-state index contributed by atoms with van der Waals surface area (Å²) in [4.78, 5) is 0. The Hall–Kier alpha value is -1.00. The molecule has 114 valence electrons. The van der Waals surface area contributed by atoms with E-state index in [0.29, 0.717) is 6.10 Å². The zero-order chi connectivity index (χ0) is 13.8. The summed E-state index contributed by atoms with van der Waals surface area (Å²) in [6.45, 7) is 2.50. The zero-order valence-corrected chi connectivity index (χ0v) is 13.3. The van der Waals surface area contributed by atoms with Crippen molar-refractivity contribution in [1.82, 2.24) is 5.32 Å². The molecular weight excluding hydrogens is 309 g/mol. The average molecular weight is 328 g/mol. The topological polar surface area (TPSA) is 34.4 Å². The normalized spacial score (nSPS) is 17.7. The van der Waals surface area contributed by atoms with Crippen LogP contribution in [0, 0.1) is 0 Å². The summed E-state index contributed by atoms with van der Waals surface area (Å²) in [5, 5.41) is 4.09. The Morgan fingerprint density at radius 1 is 1.24 bits per heavy atom. The van der Waals surface area contributed by atoms with Crippen LogP contribution in [0.25, 0.3) is 11.3 Å². The molecule has 5 heteroatoms. The molecule has 1 N–H and O–H groups in total. The summed E-state index contributed by atoms with van der Waals surface area (Å²) in [6.07, 6.45) is 2.68. The first kappa shape index (κ1) is 16.4. The first-order valence-corrected chi connectivity index (χ1v) is 7.36. The van der Waals surface area contributed by atoms with Gasteiger partial charge in [-0.15, -0.1) is 12.4 Å². The zero-order valence-electron chi connectivity index (χ0n) is 11.7. The molecule has 1 saturated heterocycles. The lowest BCUT2D eigenvalue weighted by atomic mass is 10.2. The molecule has 1 atom stereocenters. The molecule has 0 aliphatic carbocycles. The molecule has 0 amide bonds. The number of ether oxygens (including phenoxy) is 1. The van der Waals surface area contributed by atoms with Crippen LogP contribution in [-0.2, 0) is 11.3 Å². The van der Waals surface area contributed by atoms with Gasteiger partial charge in [0.05, 0.1) is 12.6 Å². The van der Waals surface area contributed by atoms with Gasteiger partial charge in [0.15, 0.2) is 0 Å². The Kier molecular flexibility index (Phi) is 6.12. The summed E-state index contributed by atoms with van der Waals surface area (Å²) < 4.78 is 11.4. The third-order valence-corrected chi connectivity index (χ3v) is 3.70. The van der Waals surface area contributed by atoms with Gasteiger partial charge >= 0.3 is 0 Å². The van der Waals surface area contributed by atoms with E-state index in [9.17, 15) is 0 Å². The van der Waals surface area contributed by atoms with Gasteiger partial charge in [0.1, 0.15) is 11.5 Å². The van der Waals surface area contributed by atoms with Crippen LogP contribution in [0.15, 0.2) is 40.8 Å². The smallest absolute Gasteiger partial charge is 0.134 e. The number of nitrogens with one attached hydrogen (secondary N) is 1. The number of hydrogen-bond acceptors (Lipinski definition) is 3. The summed E-state index contributed by atoms with van der Waals surface area (Å²) >= 11 is 5.99. The van der Waals surface area contributed by atoms with Gasteiger partial charge in [0, 0.05) is 23.7 Å². The van der Waals surface area contributed by atoms with E-state index in [1.165, 1.54) is 6.42 Å². The molecule has 0 spiro atoms. The molecule has 3 nitrogen and oxygen atoms in total. The number of hydrogen-bond donors (Lipinski definition) is 1. The van der Waals surface area contributed by atoms with Gasteiger partial charge in [0.2, 0.25) is 0 Å². The first-order chi connectivity index (χ1) is 9.81. The maximum absolute atomic E-state index is 5.99. The van der Waals surface area contributed by atoms with Crippen molar-refractivity contribution in [3.63, 3.8) is 0 Å². The largest absolute Gasteiger partial charge is 0.460 e. The summed E-state index contributed by atoms with van der Waals surface area (Å²) in [5.74, 6) is 1.78. The third-order valence-electron chi connectivity index (χ3n) is 3.47. The van der Waals surface area contributed by atoms with E-state index in [1.807, 2.05) is 36.4 Å². The van der Waals surface area contributed by atoms with Gasteiger partial charge in [-0.1, -0.05) is 23.7 Å².